The van der Waals surface area contributed by atoms with Crippen LogP contribution in [0, 0.1) is 11.7 Å². The Bertz CT molecular complexity index is 392. The summed E-state index contributed by atoms with van der Waals surface area (Å²) in [5.74, 6) is -3.26. The van der Waals surface area contributed by atoms with Gasteiger partial charge in [-0.1, -0.05) is 12.1 Å². The van der Waals surface area contributed by atoms with Crippen molar-refractivity contribution in [3.05, 3.63) is 35.6 Å². The molecule has 0 bridgehead atoms. The molecule has 94 valence electrons. The lowest BCUT2D eigenvalue weighted by Gasteiger charge is -2.32. The van der Waals surface area contributed by atoms with Crippen LogP contribution in [0.5, 0.6) is 0 Å². The Labute approximate surface area is 98.8 Å². The van der Waals surface area contributed by atoms with Crippen LogP contribution in [0.25, 0.3) is 0 Å². The lowest BCUT2D eigenvalue weighted by atomic mass is 9.80. The lowest BCUT2D eigenvalue weighted by Crippen LogP contribution is -2.32. The summed E-state index contributed by atoms with van der Waals surface area (Å²) < 4.78 is 39.6. The van der Waals surface area contributed by atoms with Gasteiger partial charge in [0.1, 0.15) is 5.82 Å². The summed E-state index contributed by atoms with van der Waals surface area (Å²) in [6, 6.07) is 5.41. The fourth-order valence-electron chi connectivity index (χ4n) is 2.50. The van der Waals surface area contributed by atoms with Gasteiger partial charge in [0.2, 0.25) is 5.92 Å². The molecule has 2 unspecified atom stereocenters. The molecule has 2 rings (SSSR count). The Hall–Kier alpha value is -1.03. The van der Waals surface area contributed by atoms with Gasteiger partial charge in [0, 0.05) is 18.9 Å². The van der Waals surface area contributed by atoms with Gasteiger partial charge in [-0.2, -0.15) is 0 Å². The maximum atomic E-state index is 13.3. The van der Waals surface area contributed by atoms with E-state index in [1.54, 1.807) is 12.1 Å². The molecule has 0 aromatic heterocycles. The summed E-state index contributed by atoms with van der Waals surface area (Å²) in [4.78, 5) is 0. The summed E-state index contributed by atoms with van der Waals surface area (Å²) in [6.45, 7) is 0. The molecule has 0 saturated heterocycles. The molecule has 0 radical (unpaired) electrons. The van der Waals surface area contributed by atoms with Crippen molar-refractivity contribution in [1.29, 1.82) is 0 Å². The molecule has 2 N–H and O–H groups in total. The number of nitrogens with two attached hydrogens (primary N) is 1. The molecule has 2 atom stereocenters. The first-order valence-electron chi connectivity index (χ1n) is 5.87. The molecular formula is C13H16F3N. The smallest absolute Gasteiger partial charge is 0.248 e. The molecule has 1 aliphatic rings. The Morgan fingerprint density at radius 3 is 2.76 bits per heavy atom. The molecule has 0 aliphatic heterocycles. The van der Waals surface area contributed by atoms with E-state index >= 15 is 0 Å². The Balaban J connectivity index is 2.12. The van der Waals surface area contributed by atoms with Crippen molar-refractivity contribution < 1.29 is 13.2 Å². The molecule has 1 nitrogen and oxygen atoms in total. The van der Waals surface area contributed by atoms with Crippen LogP contribution in [0.1, 0.15) is 37.3 Å². The maximum Gasteiger partial charge on any atom is 0.248 e. The Morgan fingerprint density at radius 2 is 2.12 bits per heavy atom. The standard InChI is InChI=1S/C13H16F3N/c14-11-5-1-3-9(7-11)12(17)10-4-2-6-13(15,16)8-10/h1,3,5,7,10,12H,2,4,6,8,17H2. The van der Waals surface area contributed by atoms with E-state index < -0.39 is 12.0 Å². The summed E-state index contributed by atoms with van der Waals surface area (Å²) in [5, 5.41) is 0. The summed E-state index contributed by atoms with van der Waals surface area (Å²) in [6.07, 6.45) is 0.929. The third-order valence-corrected chi connectivity index (χ3v) is 3.42. The Kier molecular flexibility index (Phi) is 3.43. The highest BCUT2D eigenvalue weighted by Gasteiger charge is 2.38. The molecule has 17 heavy (non-hydrogen) atoms. The zero-order valence-corrected chi connectivity index (χ0v) is 9.50. The summed E-state index contributed by atoms with van der Waals surface area (Å²) in [5.41, 5.74) is 6.56. The largest absolute Gasteiger partial charge is 0.324 e. The van der Waals surface area contributed by atoms with Crippen molar-refractivity contribution in [1.82, 2.24) is 0 Å². The van der Waals surface area contributed by atoms with Crippen molar-refractivity contribution in [2.75, 3.05) is 0 Å². The summed E-state index contributed by atoms with van der Waals surface area (Å²) in [7, 11) is 0. The zero-order chi connectivity index (χ0) is 12.5. The predicted octanol–water partition coefficient (Wildman–Crippen LogP) is 3.65. The van der Waals surface area contributed by atoms with Gasteiger partial charge in [-0.15, -0.1) is 0 Å². The first-order chi connectivity index (χ1) is 7.98. The molecule has 4 heteroatoms. The highest BCUT2D eigenvalue weighted by atomic mass is 19.3. The van der Waals surface area contributed by atoms with Crippen LogP contribution in [0.4, 0.5) is 13.2 Å². The number of benzene rings is 1. The van der Waals surface area contributed by atoms with E-state index in [9.17, 15) is 13.2 Å². The molecule has 1 aromatic carbocycles. The van der Waals surface area contributed by atoms with Crippen LogP contribution in [0.2, 0.25) is 0 Å². The van der Waals surface area contributed by atoms with Gasteiger partial charge in [0.05, 0.1) is 0 Å². The van der Waals surface area contributed by atoms with Gasteiger partial charge in [-0.05, 0) is 36.5 Å². The van der Waals surface area contributed by atoms with Gasteiger partial charge in [-0.3, -0.25) is 0 Å². The van der Waals surface area contributed by atoms with E-state index in [4.69, 9.17) is 5.73 Å². The maximum absolute atomic E-state index is 13.3. The number of halogens is 3. The minimum atomic E-state index is -2.62. The van der Waals surface area contributed by atoms with Crippen LogP contribution in [-0.4, -0.2) is 5.92 Å². The van der Waals surface area contributed by atoms with Crippen LogP contribution in [-0.2, 0) is 0 Å². The lowest BCUT2D eigenvalue weighted by molar-refractivity contribution is -0.0563. The van der Waals surface area contributed by atoms with E-state index in [2.05, 4.69) is 0 Å². The van der Waals surface area contributed by atoms with Gasteiger partial charge in [0.25, 0.3) is 0 Å². The van der Waals surface area contributed by atoms with Crippen molar-refractivity contribution in [2.45, 2.75) is 37.6 Å². The van der Waals surface area contributed by atoms with Crippen molar-refractivity contribution in [3.8, 4) is 0 Å². The molecule has 0 spiro atoms. The quantitative estimate of drug-likeness (QED) is 0.843. The highest BCUT2D eigenvalue weighted by molar-refractivity contribution is 5.20. The second kappa shape index (κ2) is 4.69. The third kappa shape index (κ3) is 3.00. The molecule has 1 saturated carbocycles. The predicted molar refractivity (Wildman–Crippen MR) is 60.2 cm³/mol. The zero-order valence-electron chi connectivity index (χ0n) is 9.50. The SMILES string of the molecule is NC(c1cccc(F)c1)C1CCCC(F)(F)C1. The molecule has 1 fully saturated rings. The van der Waals surface area contributed by atoms with Crippen molar-refractivity contribution in [3.63, 3.8) is 0 Å². The monoisotopic (exact) mass is 243 g/mol. The second-order valence-corrected chi connectivity index (χ2v) is 4.79. The van der Waals surface area contributed by atoms with E-state index in [0.29, 0.717) is 18.4 Å². The average Bonchev–Trinajstić information content (AvgIpc) is 2.26. The summed E-state index contributed by atoms with van der Waals surface area (Å²) >= 11 is 0. The van der Waals surface area contributed by atoms with E-state index in [1.807, 2.05) is 0 Å². The molecule has 0 amide bonds. The normalized spacial score (nSPS) is 25.5. The first kappa shape index (κ1) is 12.4. The highest BCUT2D eigenvalue weighted by Crippen LogP contribution is 2.41. The minimum Gasteiger partial charge on any atom is -0.324 e. The second-order valence-electron chi connectivity index (χ2n) is 4.79. The van der Waals surface area contributed by atoms with E-state index in [-0.39, 0.29) is 24.6 Å². The number of hydrogen-bond donors (Lipinski definition) is 1. The van der Waals surface area contributed by atoms with Gasteiger partial charge in [0.15, 0.2) is 0 Å². The molecule has 1 aliphatic carbocycles. The molecular weight excluding hydrogens is 227 g/mol. The van der Waals surface area contributed by atoms with E-state index in [1.165, 1.54) is 12.1 Å². The van der Waals surface area contributed by atoms with Crippen molar-refractivity contribution >= 4 is 0 Å². The van der Waals surface area contributed by atoms with Crippen LogP contribution < -0.4 is 5.73 Å². The molecule has 0 heterocycles. The Morgan fingerprint density at radius 1 is 1.35 bits per heavy atom. The third-order valence-electron chi connectivity index (χ3n) is 3.42. The van der Waals surface area contributed by atoms with Crippen LogP contribution >= 0.6 is 0 Å². The van der Waals surface area contributed by atoms with E-state index in [0.717, 1.165) is 0 Å². The fraction of sp³-hybridized carbons (Fsp3) is 0.538. The van der Waals surface area contributed by atoms with Crippen molar-refractivity contribution in [2.24, 2.45) is 11.7 Å². The first-order valence-corrected chi connectivity index (χ1v) is 5.87. The van der Waals surface area contributed by atoms with Gasteiger partial charge in [-0.25, -0.2) is 13.2 Å². The van der Waals surface area contributed by atoms with Crippen LogP contribution in [0.15, 0.2) is 24.3 Å². The number of hydrogen-bond acceptors (Lipinski definition) is 1. The topological polar surface area (TPSA) is 26.0 Å². The number of alkyl halides is 2. The fourth-order valence-corrected chi connectivity index (χ4v) is 2.50. The number of rotatable bonds is 2. The van der Waals surface area contributed by atoms with Crippen LogP contribution in [0.3, 0.4) is 0 Å². The average molecular weight is 243 g/mol. The molecule has 1 aromatic rings. The minimum absolute atomic E-state index is 0.0562. The van der Waals surface area contributed by atoms with Gasteiger partial charge >= 0.3 is 0 Å². The van der Waals surface area contributed by atoms with Gasteiger partial charge < -0.3 is 5.73 Å².